The zero-order valence-electron chi connectivity index (χ0n) is 19.1. The fourth-order valence-corrected chi connectivity index (χ4v) is 4.44. The Bertz CT molecular complexity index is 1190. The molecule has 1 saturated heterocycles. The van der Waals surface area contributed by atoms with Gasteiger partial charge in [0.25, 0.3) is 5.91 Å². The van der Waals surface area contributed by atoms with Crippen molar-refractivity contribution >= 4 is 17.5 Å². The molecule has 2 aliphatic heterocycles. The van der Waals surface area contributed by atoms with E-state index in [1.54, 1.807) is 0 Å². The molecule has 0 N–H and O–H groups in total. The van der Waals surface area contributed by atoms with Crippen molar-refractivity contribution in [3.8, 4) is 17.2 Å². The lowest BCUT2D eigenvalue weighted by molar-refractivity contribution is 0.0628. The molecule has 34 heavy (non-hydrogen) atoms. The Balaban J connectivity index is 1.16. The third kappa shape index (κ3) is 5.13. The molecule has 3 aromatic carbocycles. The van der Waals surface area contributed by atoms with Crippen LogP contribution in [0.4, 0.5) is 0 Å². The van der Waals surface area contributed by atoms with E-state index >= 15 is 0 Å². The van der Waals surface area contributed by atoms with Crippen LogP contribution in [-0.2, 0) is 13.2 Å². The highest BCUT2D eigenvalue weighted by Crippen LogP contribution is 2.33. The summed E-state index contributed by atoms with van der Waals surface area (Å²) in [5.41, 5.74) is 3.89. The molecule has 2 heterocycles. The molecule has 0 saturated carbocycles. The number of piperazine rings is 1. The Morgan fingerprint density at radius 2 is 1.76 bits per heavy atom. The summed E-state index contributed by atoms with van der Waals surface area (Å²) >= 11 is 6.23. The van der Waals surface area contributed by atoms with Gasteiger partial charge in [0.2, 0.25) is 6.79 Å². The maximum absolute atomic E-state index is 13.1. The quantitative estimate of drug-likeness (QED) is 0.503. The molecule has 176 valence electrons. The van der Waals surface area contributed by atoms with Gasteiger partial charge in [-0.2, -0.15) is 0 Å². The number of carbonyl (C=O) groups is 1. The number of hydrogen-bond donors (Lipinski definition) is 0. The molecule has 7 heteroatoms. The molecule has 2 aliphatic rings. The molecule has 6 nitrogen and oxygen atoms in total. The number of hydrogen-bond acceptors (Lipinski definition) is 5. The van der Waals surface area contributed by atoms with Gasteiger partial charge in [0.05, 0.1) is 5.02 Å². The van der Waals surface area contributed by atoms with E-state index < -0.39 is 0 Å². The first kappa shape index (κ1) is 22.6. The summed E-state index contributed by atoms with van der Waals surface area (Å²) in [6.45, 7) is 6.51. The van der Waals surface area contributed by atoms with E-state index in [0.717, 1.165) is 42.3 Å². The number of carbonyl (C=O) groups excluding carboxylic acids is 1. The van der Waals surface area contributed by atoms with Crippen molar-refractivity contribution in [1.29, 1.82) is 0 Å². The van der Waals surface area contributed by atoms with Gasteiger partial charge in [0.15, 0.2) is 11.5 Å². The van der Waals surface area contributed by atoms with Gasteiger partial charge in [-0.3, -0.25) is 9.69 Å². The number of nitrogens with zero attached hydrogens (tertiary/aromatic N) is 2. The van der Waals surface area contributed by atoms with Crippen molar-refractivity contribution in [2.45, 2.75) is 20.1 Å². The molecule has 0 spiro atoms. The predicted octanol–water partition coefficient (Wildman–Crippen LogP) is 4.91. The van der Waals surface area contributed by atoms with Crippen molar-refractivity contribution in [3.05, 3.63) is 87.9 Å². The van der Waals surface area contributed by atoms with Gasteiger partial charge < -0.3 is 19.1 Å². The van der Waals surface area contributed by atoms with Crippen LogP contribution in [0, 0.1) is 6.92 Å². The summed E-state index contributed by atoms with van der Waals surface area (Å²) < 4.78 is 16.8. The third-order valence-electron chi connectivity index (χ3n) is 6.16. The monoisotopic (exact) mass is 478 g/mol. The van der Waals surface area contributed by atoms with Crippen molar-refractivity contribution in [2.24, 2.45) is 0 Å². The second kappa shape index (κ2) is 9.95. The Kier molecular flexibility index (Phi) is 6.61. The van der Waals surface area contributed by atoms with Gasteiger partial charge in [-0.15, -0.1) is 0 Å². The molecule has 1 fully saturated rings. The van der Waals surface area contributed by atoms with E-state index in [-0.39, 0.29) is 12.7 Å². The average Bonchev–Trinajstić information content (AvgIpc) is 3.33. The van der Waals surface area contributed by atoms with Gasteiger partial charge in [0.1, 0.15) is 12.4 Å². The number of aryl methyl sites for hydroxylation is 1. The fourth-order valence-electron chi connectivity index (χ4n) is 4.27. The summed E-state index contributed by atoms with van der Waals surface area (Å²) in [5, 5.41) is 0.580. The molecular weight excluding hydrogens is 452 g/mol. The van der Waals surface area contributed by atoms with Crippen LogP contribution in [0.25, 0.3) is 0 Å². The molecule has 5 rings (SSSR count). The number of fused-ring (bicyclic) bond motifs is 1. The Morgan fingerprint density at radius 3 is 2.62 bits per heavy atom. The van der Waals surface area contributed by atoms with Crippen molar-refractivity contribution in [2.75, 3.05) is 33.0 Å². The summed E-state index contributed by atoms with van der Waals surface area (Å²) in [6.07, 6.45) is 0. The minimum absolute atomic E-state index is 0.0539. The summed E-state index contributed by atoms with van der Waals surface area (Å²) in [4.78, 5) is 17.4. The Labute approximate surface area is 204 Å². The van der Waals surface area contributed by atoms with Crippen LogP contribution in [0.1, 0.15) is 27.0 Å². The highest BCUT2D eigenvalue weighted by molar-refractivity contribution is 6.32. The molecule has 0 radical (unpaired) electrons. The van der Waals surface area contributed by atoms with Crippen LogP contribution in [0.15, 0.2) is 60.7 Å². The normalized spacial score (nSPS) is 15.4. The first-order chi connectivity index (χ1) is 16.5. The van der Waals surface area contributed by atoms with Crippen LogP contribution in [0.3, 0.4) is 0 Å². The lowest BCUT2D eigenvalue weighted by Crippen LogP contribution is -2.48. The number of benzene rings is 3. The Morgan fingerprint density at radius 1 is 0.941 bits per heavy atom. The van der Waals surface area contributed by atoms with E-state index in [0.29, 0.717) is 36.0 Å². The molecule has 0 atom stereocenters. The minimum Gasteiger partial charge on any atom is -0.487 e. The number of halogens is 1. The van der Waals surface area contributed by atoms with Gasteiger partial charge in [-0.05, 0) is 60.0 Å². The first-order valence-corrected chi connectivity index (χ1v) is 11.8. The summed E-state index contributed by atoms with van der Waals surface area (Å²) in [7, 11) is 0. The molecule has 0 aromatic heterocycles. The van der Waals surface area contributed by atoms with Gasteiger partial charge >= 0.3 is 0 Å². The van der Waals surface area contributed by atoms with Gasteiger partial charge in [0, 0.05) is 38.3 Å². The lowest BCUT2D eigenvalue weighted by atomic mass is 10.1. The molecule has 3 aromatic rings. The van der Waals surface area contributed by atoms with Crippen LogP contribution in [0.2, 0.25) is 5.02 Å². The number of ether oxygens (including phenoxy) is 3. The molecule has 0 aliphatic carbocycles. The first-order valence-electron chi connectivity index (χ1n) is 11.4. The number of amides is 1. The van der Waals surface area contributed by atoms with Crippen molar-refractivity contribution < 1.29 is 19.0 Å². The van der Waals surface area contributed by atoms with Crippen LogP contribution in [-0.4, -0.2) is 48.7 Å². The van der Waals surface area contributed by atoms with E-state index in [1.807, 2.05) is 66.4 Å². The highest BCUT2D eigenvalue weighted by Gasteiger charge is 2.23. The SMILES string of the molecule is Cc1ccc(Cl)c(OCc2cccc(C(=O)N3CCN(Cc4ccc5c(c4)OCO5)CC3)c2)c1. The summed E-state index contributed by atoms with van der Waals surface area (Å²) in [5.74, 6) is 2.31. The second-order valence-electron chi connectivity index (χ2n) is 8.68. The zero-order chi connectivity index (χ0) is 23.5. The fraction of sp³-hybridized carbons (Fsp3) is 0.296. The molecule has 1 amide bonds. The largest absolute Gasteiger partial charge is 0.487 e. The van der Waals surface area contributed by atoms with Gasteiger partial charge in [-0.25, -0.2) is 0 Å². The van der Waals surface area contributed by atoms with Gasteiger partial charge in [-0.1, -0.05) is 35.9 Å². The Hall–Kier alpha value is -3.22. The molecule has 0 bridgehead atoms. The summed E-state index contributed by atoms with van der Waals surface area (Å²) in [6, 6.07) is 19.4. The molecule has 0 unspecified atom stereocenters. The lowest BCUT2D eigenvalue weighted by Gasteiger charge is -2.34. The maximum atomic E-state index is 13.1. The smallest absolute Gasteiger partial charge is 0.253 e. The maximum Gasteiger partial charge on any atom is 0.253 e. The third-order valence-corrected chi connectivity index (χ3v) is 6.47. The zero-order valence-corrected chi connectivity index (χ0v) is 19.9. The van der Waals surface area contributed by atoms with E-state index in [9.17, 15) is 4.79 Å². The second-order valence-corrected chi connectivity index (χ2v) is 9.09. The van der Waals surface area contributed by atoms with Crippen LogP contribution < -0.4 is 14.2 Å². The van der Waals surface area contributed by atoms with Crippen molar-refractivity contribution in [3.63, 3.8) is 0 Å². The van der Waals surface area contributed by atoms with Crippen molar-refractivity contribution in [1.82, 2.24) is 9.80 Å². The van der Waals surface area contributed by atoms with E-state index in [1.165, 1.54) is 5.56 Å². The highest BCUT2D eigenvalue weighted by atomic mass is 35.5. The van der Waals surface area contributed by atoms with Crippen LogP contribution >= 0.6 is 11.6 Å². The molecular formula is C27H27ClN2O4. The average molecular weight is 479 g/mol. The standard InChI is InChI=1S/C27H27ClN2O4/c1-19-5-7-23(28)25(13-19)32-17-21-3-2-4-22(14-21)27(31)30-11-9-29(10-12-30)16-20-6-8-24-26(15-20)34-18-33-24/h2-8,13-15H,9-12,16-18H2,1H3. The topological polar surface area (TPSA) is 51.2 Å². The van der Waals surface area contributed by atoms with E-state index in [4.69, 9.17) is 25.8 Å². The number of rotatable bonds is 6. The predicted molar refractivity (Wildman–Crippen MR) is 131 cm³/mol. The van der Waals surface area contributed by atoms with Crippen LogP contribution in [0.5, 0.6) is 17.2 Å². The minimum atomic E-state index is 0.0539. The van der Waals surface area contributed by atoms with E-state index in [2.05, 4.69) is 11.0 Å².